The Hall–Kier alpha value is -4.06. The molecule has 0 atom stereocenters. The van der Waals surface area contributed by atoms with E-state index in [2.05, 4.69) is 5.32 Å². The van der Waals surface area contributed by atoms with E-state index in [1.807, 2.05) is 80.6 Å². The molecular formula is C27H25NO5. The summed E-state index contributed by atoms with van der Waals surface area (Å²) in [4.78, 5) is 23.5. The van der Waals surface area contributed by atoms with Crippen LogP contribution in [0.2, 0.25) is 0 Å². The van der Waals surface area contributed by atoms with Crippen LogP contribution in [0.3, 0.4) is 0 Å². The average Bonchev–Trinajstić information content (AvgIpc) is 3.14. The summed E-state index contributed by atoms with van der Waals surface area (Å²) in [5.41, 5.74) is 4.38. The molecule has 2 N–H and O–H groups in total. The van der Waals surface area contributed by atoms with Crippen LogP contribution in [-0.4, -0.2) is 17.0 Å². The van der Waals surface area contributed by atoms with Crippen LogP contribution in [0.4, 0.5) is 0 Å². The molecule has 4 aromatic rings. The summed E-state index contributed by atoms with van der Waals surface area (Å²) >= 11 is 0. The number of para-hydroxylation sites is 1. The first-order valence-corrected chi connectivity index (χ1v) is 10.7. The van der Waals surface area contributed by atoms with E-state index in [0.717, 1.165) is 27.6 Å². The van der Waals surface area contributed by atoms with Crippen LogP contribution in [0.5, 0.6) is 11.5 Å². The van der Waals surface area contributed by atoms with E-state index in [4.69, 9.17) is 14.3 Å². The third-order valence-electron chi connectivity index (χ3n) is 5.56. The number of furan rings is 1. The van der Waals surface area contributed by atoms with Gasteiger partial charge in [-0.15, -0.1) is 0 Å². The van der Waals surface area contributed by atoms with Crippen molar-refractivity contribution < 1.29 is 23.8 Å². The van der Waals surface area contributed by atoms with Crippen LogP contribution < -0.4 is 10.1 Å². The van der Waals surface area contributed by atoms with E-state index in [1.54, 1.807) is 0 Å². The Morgan fingerprint density at radius 3 is 2.52 bits per heavy atom. The average molecular weight is 443 g/mol. The van der Waals surface area contributed by atoms with Gasteiger partial charge < -0.3 is 19.6 Å². The molecule has 0 aliphatic carbocycles. The number of aryl methyl sites for hydroxylation is 3. The maximum absolute atomic E-state index is 12.7. The number of carboxylic acid groups (broad SMARTS) is 1. The number of ether oxygens (including phenoxy) is 1. The summed E-state index contributed by atoms with van der Waals surface area (Å²) in [5, 5.41) is 12.7. The van der Waals surface area contributed by atoms with Crippen LogP contribution in [0, 0.1) is 13.8 Å². The van der Waals surface area contributed by atoms with Crippen LogP contribution in [0.15, 0.2) is 71.1 Å². The van der Waals surface area contributed by atoms with Crippen molar-refractivity contribution in [3.63, 3.8) is 0 Å². The van der Waals surface area contributed by atoms with Gasteiger partial charge in [-0.25, -0.2) is 0 Å². The summed E-state index contributed by atoms with van der Waals surface area (Å²) in [7, 11) is 0. The van der Waals surface area contributed by atoms with E-state index >= 15 is 0 Å². The normalized spacial score (nSPS) is 10.8. The quantitative estimate of drug-likeness (QED) is 0.360. The number of benzene rings is 3. The minimum Gasteiger partial charge on any atom is -0.481 e. The number of nitrogens with one attached hydrogen (secondary N) is 1. The molecule has 0 unspecified atom stereocenters. The van der Waals surface area contributed by atoms with E-state index in [9.17, 15) is 9.59 Å². The smallest absolute Gasteiger partial charge is 0.303 e. The number of hydrogen-bond donors (Lipinski definition) is 2. The number of amides is 1. The molecule has 1 amide bonds. The standard InChI is InChI=1S/C27H25NO5/c1-17-14-22(12-10-20(17)11-13-25(29)30)32-21-7-5-6-19(15-21)16-28-27(31)26-18(2)23-8-3-4-9-24(23)33-26/h3-10,12,14-15H,11,13,16H2,1-2H3,(H,28,31)(H,29,30). The van der Waals surface area contributed by atoms with E-state index in [0.29, 0.717) is 35.8 Å². The summed E-state index contributed by atoms with van der Waals surface area (Å²) in [6.45, 7) is 4.15. The zero-order chi connectivity index (χ0) is 23.4. The molecule has 0 aliphatic rings. The Labute approximate surface area is 191 Å². The number of hydrogen-bond acceptors (Lipinski definition) is 4. The molecule has 1 heterocycles. The highest BCUT2D eigenvalue weighted by molar-refractivity contribution is 5.98. The van der Waals surface area contributed by atoms with Gasteiger partial charge >= 0.3 is 5.97 Å². The van der Waals surface area contributed by atoms with Gasteiger partial charge in [-0.05, 0) is 67.3 Å². The molecule has 0 saturated carbocycles. The molecule has 0 spiro atoms. The van der Waals surface area contributed by atoms with Gasteiger partial charge in [0.05, 0.1) is 0 Å². The molecule has 6 nitrogen and oxygen atoms in total. The number of carbonyl (C=O) groups excluding carboxylic acids is 1. The number of carboxylic acids is 1. The molecule has 6 heteroatoms. The van der Waals surface area contributed by atoms with Crippen LogP contribution in [0.25, 0.3) is 11.0 Å². The van der Waals surface area contributed by atoms with Crippen LogP contribution in [0.1, 0.15) is 39.2 Å². The van der Waals surface area contributed by atoms with Gasteiger partial charge in [0.25, 0.3) is 5.91 Å². The first-order chi connectivity index (χ1) is 15.9. The van der Waals surface area contributed by atoms with Gasteiger partial charge in [0.15, 0.2) is 5.76 Å². The molecule has 0 radical (unpaired) electrons. The number of aliphatic carboxylic acids is 1. The van der Waals surface area contributed by atoms with Gasteiger partial charge in [0.1, 0.15) is 17.1 Å². The Morgan fingerprint density at radius 1 is 0.970 bits per heavy atom. The van der Waals surface area contributed by atoms with E-state index in [1.165, 1.54) is 0 Å². The minimum absolute atomic E-state index is 0.0996. The minimum atomic E-state index is -0.811. The Balaban J connectivity index is 1.40. The largest absolute Gasteiger partial charge is 0.481 e. The van der Waals surface area contributed by atoms with Crippen LogP contribution >= 0.6 is 0 Å². The van der Waals surface area contributed by atoms with Gasteiger partial charge in [0, 0.05) is 23.9 Å². The molecular weight excluding hydrogens is 418 g/mol. The van der Waals surface area contributed by atoms with Crippen molar-refractivity contribution in [3.8, 4) is 11.5 Å². The molecule has 0 aliphatic heterocycles. The fourth-order valence-corrected chi connectivity index (χ4v) is 3.76. The second-order valence-corrected chi connectivity index (χ2v) is 7.97. The van der Waals surface area contributed by atoms with Crippen molar-refractivity contribution in [2.24, 2.45) is 0 Å². The van der Waals surface area contributed by atoms with Crippen molar-refractivity contribution in [2.45, 2.75) is 33.2 Å². The molecule has 0 bridgehead atoms. The highest BCUT2D eigenvalue weighted by Gasteiger charge is 2.17. The molecule has 4 rings (SSSR count). The molecule has 3 aromatic carbocycles. The van der Waals surface area contributed by atoms with Gasteiger partial charge in [0.2, 0.25) is 0 Å². The second kappa shape index (κ2) is 9.61. The zero-order valence-electron chi connectivity index (χ0n) is 18.6. The molecule has 0 saturated heterocycles. The first-order valence-electron chi connectivity index (χ1n) is 10.7. The Kier molecular flexibility index (Phi) is 6.45. The van der Waals surface area contributed by atoms with E-state index < -0.39 is 5.97 Å². The highest BCUT2D eigenvalue weighted by atomic mass is 16.5. The van der Waals surface area contributed by atoms with Crippen molar-refractivity contribution in [1.29, 1.82) is 0 Å². The molecule has 33 heavy (non-hydrogen) atoms. The van der Waals surface area contributed by atoms with Crippen molar-refractivity contribution in [3.05, 3.63) is 94.7 Å². The van der Waals surface area contributed by atoms with E-state index in [-0.39, 0.29) is 12.3 Å². The lowest BCUT2D eigenvalue weighted by atomic mass is 10.0. The maximum atomic E-state index is 12.7. The molecule has 1 aromatic heterocycles. The summed E-state index contributed by atoms with van der Waals surface area (Å²) in [6, 6.07) is 20.7. The SMILES string of the molecule is Cc1cc(Oc2cccc(CNC(=O)c3oc4ccccc4c3C)c2)ccc1CCC(=O)O. The Bertz CT molecular complexity index is 1320. The third-order valence-corrected chi connectivity index (χ3v) is 5.56. The monoisotopic (exact) mass is 443 g/mol. The third kappa shape index (κ3) is 5.23. The fourth-order valence-electron chi connectivity index (χ4n) is 3.76. The number of fused-ring (bicyclic) bond motifs is 1. The lowest BCUT2D eigenvalue weighted by Gasteiger charge is -2.11. The highest BCUT2D eigenvalue weighted by Crippen LogP contribution is 2.26. The summed E-state index contributed by atoms with van der Waals surface area (Å²) < 4.78 is 11.7. The number of carbonyl (C=O) groups is 2. The van der Waals surface area contributed by atoms with Crippen molar-refractivity contribution >= 4 is 22.8 Å². The summed E-state index contributed by atoms with van der Waals surface area (Å²) in [5.74, 6) is 0.573. The first kappa shape index (κ1) is 22.1. The predicted octanol–water partition coefficient (Wildman–Crippen LogP) is 5.79. The van der Waals surface area contributed by atoms with Crippen LogP contribution in [-0.2, 0) is 17.8 Å². The molecule has 168 valence electrons. The summed E-state index contributed by atoms with van der Waals surface area (Å²) in [6.07, 6.45) is 0.587. The Morgan fingerprint density at radius 2 is 1.76 bits per heavy atom. The number of rotatable bonds is 8. The van der Waals surface area contributed by atoms with Gasteiger partial charge in [-0.1, -0.05) is 36.4 Å². The fraction of sp³-hybridized carbons (Fsp3) is 0.185. The zero-order valence-corrected chi connectivity index (χ0v) is 18.6. The topological polar surface area (TPSA) is 88.8 Å². The second-order valence-electron chi connectivity index (χ2n) is 7.97. The maximum Gasteiger partial charge on any atom is 0.303 e. The van der Waals surface area contributed by atoms with Gasteiger partial charge in [-0.3, -0.25) is 9.59 Å². The lowest BCUT2D eigenvalue weighted by Crippen LogP contribution is -2.22. The lowest BCUT2D eigenvalue weighted by molar-refractivity contribution is -0.136. The molecule has 0 fully saturated rings. The predicted molar refractivity (Wildman–Crippen MR) is 126 cm³/mol. The van der Waals surface area contributed by atoms with Crippen molar-refractivity contribution in [2.75, 3.05) is 0 Å². The van der Waals surface area contributed by atoms with Gasteiger partial charge in [-0.2, -0.15) is 0 Å². The van der Waals surface area contributed by atoms with Crippen molar-refractivity contribution in [1.82, 2.24) is 5.32 Å².